The van der Waals surface area contributed by atoms with Crippen LogP contribution in [0.5, 0.6) is 5.75 Å². The molecule has 0 aliphatic heterocycles. The highest BCUT2D eigenvalue weighted by molar-refractivity contribution is 6.30. The number of ether oxygens (including phenoxy) is 1. The molecule has 0 radical (unpaired) electrons. The summed E-state index contributed by atoms with van der Waals surface area (Å²) in [5.41, 5.74) is 2.29. The number of hydrogen-bond donors (Lipinski definition) is 1. The van der Waals surface area contributed by atoms with Crippen molar-refractivity contribution >= 4 is 29.4 Å². The Balaban J connectivity index is 1.61. The van der Waals surface area contributed by atoms with Gasteiger partial charge in [0, 0.05) is 28.9 Å². The number of halogens is 1. The molecule has 0 fully saturated rings. The van der Waals surface area contributed by atoms with E-state index in [1.807, 2.05) is 42.6 Å². The molecular formula is C26H25ClN4O4. The molecule has 35 heavy (non-hydrogen) atoms. The fourth-order valence-electron chi connectivity index (χ4n) is 3.55. The highest BCUT2D eigenvalue weighted by Gasteiger charge is 2.20. The van der Waals surface area contributed by atoms with Crippen molar-refractivity contribution in [1.29, 1.82) is 0 Å². The predicted octanol–water partition coefficient (Wildman–Crippen LogP) is 5.17. The number of imidazole rings is 1. The van der Waals surface area contributed by atoms with Gasteiger partial charge in [-0.3, -0.25) is 19.5 Å². The van der Waals surface area contributed by atoms with Gasteiger partial charge in [-0.05, 0) is 48.5 Å². The topological polar surface area (TPSA) is 89.6 Å². The Hall–Kier alpha value is -4.04. The molecule has 180 valence electrons. The number of nitrogens with zero attached hydrogens (tertiary/aromatic N) is 3. The SMILES string of the molecule is CCC(=O)N(CC(=O)Nc1nc(-c2ccc(Cl)cc2)cn1-c1ccc(OC)cc1)Cc1ccco1. The Morgan fingerprint density at radius 3 is 2.49 bits per heavy atom. The second-order valence-electron chi connectivity index (χ2n) is 7.76. The minimum atomic E-state index is -0.374. The van der Waals surface area contributed by atoms with Gasteiger partial charge in [0.05, 0.1) is 25.6 Å². The summed E-state index contributed by atoms with van der Waals surface area (Å²) in [7, 11) is 1.60. The summed E-state index contributed by atoms with van der Waals surface area (Å²) in [6, 6.07) is 18.2. The number of anilines is 1. The maximum Gasteiger partial charge on any atom is 0.246 e. The van der Waals surface area contributed by atoms with Crippen LogP contribution in [0.3, 0.4) is 0 Å². The largest absolute Gasteiger partial charge is 0.497 e. The molecule has 0 saturated carbocycles. The first-order chi connectivity index (χ1) is 17.0. The summed E-state index contributed by atoms with van der Waals surface area (Å²) in [6.07, 6.45) is 3.64. The molecule has 0 spiro atoms. The number of amides is 2. The summed E-state index contributed by atoms with van der Waals surface area (Å²) in [4.78, 5) is 31.6. The van der Waals surface area contributed by atoms with E-state index < -0.39 is 0 Å². The Morgan fingerprint density at radius 2 is 1.86 bits per heavy atom. The normalized spacial score (nSPS) is 10.7. The number of aromatic nitrogens is 2. The lowest BCUT2D eigenvalue weighted by Crippen LogP contribution is -2.37. The van der Waals surface area contributed by atoms with Crippen molar-refractivity contribution in [3.63, 3.8) is 0 Å². The van der Waals surface area contributed by atoms with E-state index in [-0.39, 0.29) is 31.3 Å². The summed E-state index contributed by atoms with van der Waals surface area (Å²) >= 11 is 6.03. The zero-order valence-electron chi connectivity index (χ0n) is 19.4. The molecule has 0 bridgehead atoms. The van der Waals surface area contributed by atoms with Crippen molar-refractivity contribution < 1.29 is 18.7 Å². The maximum atomic E-state index is 13.0. The number of carbonyl (C=O) groups excluding carboxylic acids is 2. The van der Waals surface area contributed by atoms with Crippen LogP contribution in [0.25, 0.3) is 16.9 Å². The molecule has 1 N–H and O–H groups in total. The van der Waals surface area contributed by atoms with E-state index in [1.54, 1.807) is 42.9 Å². The molecule has 0 unspecified atom stereocenters. The number of nitrogens with one attached hydrogen (secondary N) is 1. The molecule has 2 amide bonds. The zero-order chi connectivity index (χ0) is 24.8. The average molecular weight is 493 g/mol. The van der Waals surface area contributed by atoms with Crippen LogP contribution in [-0.4, -0.2) is 39.9 Å². The Labute approximate surface area is 208 Å². The van der Waals surface area contributed by atoms with Crippen molar-refractivity contribution in [3.8, 4) is 22.7 Å². The van der Waals surface area contributed by atoms with E-state index in [0.717, 1.165) is 11.3 Å². The number of hydrogen-bond acceptors (Lipinski definition) is 5. The Morgan fingerprint density at radius 1 is 1.11 bits per heavy atom. The number of methoxy groups -OCH3 is 1. The molecule has 4 aromatic rings. The van der Waals surface area contributed by atoms with E-state index in [9.17, 15) is 9.59 Å². The van der Waals surface area contributed by atoms with Gasteiger partial charge in [-0.15, -0.1) is 0 Å². The monoisotopic (exact) mass is 492 g/mol. The summed E-state index contributed by atoms with van der Waals surface area (Å²) in [5.74, 6) is 1.11. The molecule has 9 heteroatoms. The van der Waals surface area contributed by atoms with Crippen molar-refractivity contribution in [3.05, 3.63) is 83.9 Å². The van der Waals surface area contributed by atoms with Gasteiger partial charge in [-0.2, -0.15) is 0 Å². The summed E-state index contributed by atoms with van der Waals surface area (Å²) in [6.45, 7) is 1.82. The van der Waals surface area contributed by atoms with Crippen molar-refractivity contribution in [2.24, 2.45) is 0 Å². The van der Waals surface area contributed by atoms with Gasteiger partial charge < -0.3 is 14.1 Å². The molecule has 4 rings (SSSR count). The molecule has 2 aromatic carbocycles. The van der Waals surface area contributed by atoms with Crippen LogP contribution < -0.4 is 10.1 Å². The molecule has 2 heterocycles. The van der Waals surface area contributed by atoms with Gasteiger partial charge >= 0.3 is 0 Å². The lowest BCUT2D eigenvalue weighted by molar-refractivity contribution is -0.135. The van der Waals surface area contributed by atoms with Crippen LogP contribution in [0.4, 0.5) is 5.95 Å². The van der Waals surface area contributed by atoms with Gasteiger partial charge in [-0.25, -0.2) is 4.98 Å². The Bertz CT molecular complexity index is 1280. The lowest BCUT2D eigenvalue weighted by Gasteiger charge is -2.20. The first kappa shape index (κ1) is 24.1. The maximum absolute atomic E-state index is 13.0. The molecule has 2 aromatic heterocycles. The molecule has 8 nitrogen and oxygen atoms in total. The van der Waals surface area contributed by atoms with E-state index in [1.165, 1.54) is 11.2 Å². The fourth-order valence-corrected chi connectivity index (χ4v) is 3.68. The fraction of sp³-hybridized carbons (Fsp3) is 0.192. The number of carbonyl (C=O) groups is 2. The number of rotatable bonds is 9. The quantitative estimate of drug-likeness (QED) is 0.348. The third-order valence-electron chi connectivity index (χ3n) is 5.36. The highest BCUT2D eigenvalue weighted by atomic mass is 35.5. The minimum Gasteiger partial charge on any atom is -0.497 e. The van der Waals surface area contributed by atoms with Crippen LogP contribution in [0.15, 0.2) is 77.5 Å². The lowest BCUT2D eigenvalue weighted by atomic mass is 10.2. The van der Waals surface area contributed by atoms with Crippen LogP contribution in [0.1, 0.15) is 19.1 Å². The van der Waals surface area contributed by atoms with Crippen LogP contribution in [0.2, 0.25) is 5.02 Å². The second kappa shape index (κ2) is 10.9. The molecule has 0 atom stereocenters. The number of furan rings is 1. The van der Waals surface area contributed by atoms with Crippen molar-refractivity contribution in [1.82, 2.24) is 14.5 Å². The Kier molecular flexibility index (Phi) is 7.52. The standard InChI is InChI=1S/C26H25ClN4O4/c1-3-25(33)30(15-22-5-4-14-35-22)17-24(32)29-26-28-23(18-6-8-19(27)9-7-18)16-31(26)20-10-12-21(34-2)13-11-20/h4-14,16H,3,15,17H2,1-2H3,(H,28,29,32). The van der Waals surface area contributed by atoms with Gasteiger partial charge in [0.2, 0.25) is 17.8 Å². The van der Waals surface area contributed by atoms with Crippen LogP contribution in [0, 0.1) is 0 Å². The van der Waals surface area contributed by atoms with Crippen molar-refractivity contribution in [2.75, 3.05) is 19.0 Å². The van der Waals surface area contributed by atoms with Crippen LogP contribution >= 0.6 is 11.6 Å². The average Bonchev–Trinajstić information content (AvgIpc) is 3.54. The first-order valence-corrected chi connectivity index (χ1v) is 11.4. The third-order valence-corrected chi connectivity index (χ3v) is 5.62. The van der Waals surface area contributed by atoms with Gasteiger partial charge in [-0.1, -0.05) is 30.7 Å². The third kappa shape index (κ3) is 5.91. The minimum absolute atomic E-state index is 0.140. The smallest absolute Gasteiger partial charge is 0.246 e. The second-order valence-corrected chi connectivity index (χ2v) is 8.19. The first-order valence-electron chi connectivity index (χ1n) is 11.1. The van der Waals surface area contributed by atoms with Gasteiger partial charge in [0.15, 0.2) is 0 Å². The van der Waals surface area contributed by atoms with E-state index in [4.69, 9.17) is 20.8 Å². The van der Waals surface area contributed by atoms with E-state index in [2.05, 4.69) is 10.3 Å². The van der Waals surface area contributed by atoms with E-state index in [0.29, 0.717) is 28.2 Å². The molecule has 0 saturated heterocycles. The summed E-state index contributed by atoms with van der Waals surface area (Å²) in [5, 5.41) is 3.48. The van der Waals surface area contributed by atoms with Crippen molar-refractivity contribution in [2.45, 2.75) is 19.9 Å². The predicted molar refractivity (Wildman–Crippen MR) is 134 cm³/mol. The zero-order valence-corrected chi connectivity index (χ0v) is 20.2. The molecular weight excluding hydrogens is 468 g/mol. The number of benzene rings is 2. The van der Waals surface area contributed by atoms with E-state index >= 15 is 0 Å². The van der Waals surface area contributed by atoms with Gasteiger partial charge in [0.1, 0.15) is 18.1 Å². The molecule has 0 aliphatic carbocycles. The van der Waals surface area contributed by atoms with Gasteiger partial charge in [0.25, 0.3) is 0 Å². The van der Waals surface area contributed by atoms with Crippen LogP contribution in [-0.2, 0) is 16.1 Å². The summed E-state index contributed by atoms with van der Waals surface area (Å²) < 4.78 is 12.4. The molecule has 0 aliphatic rings. The highest BCUT2D eigenvalue weighted by Crippen LogP contribution is 2.26.